The predicted octanol–water partition coefficient (Wildman–Crippen LogP) is 4.56. The molecule has 3 aromatic rings. The van der Waals surface area contributed by atoms with Crippen LogP contribution in [0.5, 0.6) is 0 Å². The Morgan fingerprint density at radius 1 is 1.00 bits per heavy atom. The number of carbonyl (C=O) groups excluding carboxylic acids is 1. The highest BCUT2D eigenvalue weighted by molar-refractivity contribution is 7.92. The van der Waals surface area contributed by atoms with E-state index < -0.39 is 21.7 Å². The summed E-state index contributed by atoms with van der Waals surface area (Å²) in [5.74, 6) is -1.20. The van der Waals surface area contributed by atoms with Crippen LogP contribution < -0.4 is 9.62 Å². The van der Waals surface area contributed by atoms with Gasteiger partial charge in [0.25, 0.3) is 15.9 Å². The van der Waals surface area contributed by atoms with Crippen molar-refractivity contribution in [1.29, 1.82) is 0 Å². The summed E-state index contributed by atoms with van der Waals surface area (Å²) in [7, 11) is -2.53. The molecule has 0 radical (unpaired) electrons. The Kier molecular flexibility index (Phi) is 5.67. The number of para-hydroxylation sites is 1. The van der Waals surface area contributed by atoms with Gasteiger partial charge in [0.05, 0.1) is 16.3 Å². The number of carbonyl (C=O) groups is 1. The maximum Gasteiger partial charge on any atom is 0.264 e. The number of halogens is 2. The van der Waals surface area contributed by atoms with Crippen molar-refractivity contribution in [2.24, 2.45) is 0 Å². The summed E-state index contributed by atoms with van der Waals surface area (Å²) in [6, 6.07) is 17.7. The number of benzene rings is 3. The minimum Gasteiger partial charge on any atom is -0.319 e. The third-order valence-corrected chi connectivity index (χ3v) is 6.07. The third kappa shape index (κ3) is 4.16. The lowest BCUT2D eigenvalue weighted by Crippen LogP contribution is -2.26. The summed E-state index contributed by atoms with van der Waals surface area (Å²) < 4.78 is 40.7. The van der Waals surface area contributed by atoms with Crippen molar-refractivity contribution in [3.05, 3.63) is 89.2 Å². The van der Waals surface area contributed by atoms with Gasteiger partial charge in [-0.05, 0) is 48.5 Å². The summed E-state index contributed by atoms with van der Waals surface area (Å²) in [4.78, 5) is 12.4. The molecule has 0 aromatic heterocycles. The zero-order valence-electron chi connectivity index (χ0n) is 14.8. The normalized spacial score (nSPS) is 11.1. The number of amides is 1. The van der Waals surface area contributed by atoms with E-state index in [9.17, 15) is 17.6 Å². The number of anilines is 2. The standard InChI is InChI=1S/C20H16ClFN2O3S/c1-24(16-8-5-7-15(21)13-16)28(26,27)17-9-4-6-14(12-17)20(25)23-19-11-3-2-10-18(19)22/h2-13H,1H3,(H,23,25). The molecule has 0 saturated carbocycles. The van der Waals surface area contributed by atoms with E-state index in [0.717, 1.165) is 4.31 Å². The van der Waals surface area contributed by atoms with Crippen molar-refractivity contribution in [2.45, 2.75) is 4.90 Å². The average Bonchev–Trinajstić information content (AvgIpc) is 2.69. The molecular formula is C20H16ClFN2O3S. The van der Waals surface area contributed by atoms with Gasteiger partial charge < -0.3 is 5.32 Å². The van der Waals surface area contributed by atoms with Crippen LogP contribution in [0.3, 0.4) is 0 Å². The molecule has 144 valence electrons. The fourth-order valence-electron chi connectivity index (χ4n) is 2.52. The number of hydrogen-bond donors (Lipinski definition) is 1. The molecule has 0 heterocycles. The molecule has 0 aliphatic rings. The molecule has 0 aliphatic carbocycles. The van der Waals surface area contributed by atoms with Gasteiger partial charge in [0.15, 0.2) is 0 Å². The smallest absolute Gasteiger partial charge is 0.264 e. The Bertz CT molecular complexity index is 1140. The zero-order valence-corrected chi connectivity index (χ0v) is 16.3. The van der Waals surface area contributed by atoms with Gasteiger partial charge in [0.2, 0.25) is 0 Å². The third-order valence-electron chi connectivity index (χ3n) is 4.05. The lowest BCUT2D eigenvalue weighted by atomic mass is 10.2. The van der Waals surface area contributed by atoms with E-state index in [4.69, 9.17) is 11.6 Å². The van der Waals surface area contributed by atoms with Crippen molar-refractivity contribution in [3.8, 4) is 0 Å². The van der Waals surface area contributed by atoms with Gasteiger partial charge >= 0.3 is 0 Å². The Labute approximate surface area is 167 Å². The van der Waals surface area contributed by atoms with E-state index >= 15 is 0 Å². The van der Waals surface area contributed by atoms with Crippen molar-refractivity contribution in [2.75, 3.05) is 16.7 Å². The lowest BCUT2D eigenvalue weighted by molar-refractivity contribution is 0.102. The molecule has 1 amide bonds. The summed E-state index contributed by atoms with van der Waals surface area (Å²) in [6.45, 7) is 0. The maximum absolute atomic E-state index is 13.7. The van der Waals surface area contributed by atoms with Crippen molar-refractivity contribution in [3.63, 3.8) is 0 Å². The van der Waals surface area contributed by atoms with Crippen LogP contribution in [0.2, 0.25) is 5.02 Å². The molecule has 0 unspecified atom stereocenters. The number of rotatable bonds is 5. The molecule has 3 rings (SSSR count). The largest absolute Gasteiger partial charge is 0.319 e. The van der Waals surface area contributed by atoms with E-state index in [1.807, 2.05) is 0 Å². The van der Waals surface area contributed by atoms with Gasteiger partial charge in [-0.25, -0.2) is 12.8 Å². The van der Waals surface area contributed by atoms with Crippen LogP contribution in [0.4, 0.5) is 15.8 Å². The second kappa shape index (κ2) is 8.00. The molecular weight excluding hydrogens is 403 g/mol. The van der Waals surface area contributed by atoms with Gasteiger partial charge in [-0.1, -0.05) is 35.9 Å². The second-order valence-electron chi connectivity index (χ2n) is 5.91. The first kappa shape index (κ1) is 19.9. The van der Waals surface area contributed by atoms with Crippen molar-refractivity contribution in [1.82, 2.24) is 0 Å². The van der Waals surface area contributed by atoms with Crippen LogP contribution in [0.25, 0.3) is 0 Å². The molecule has 28 heavy (non-hydrogen) atoms. The van der Waals surface area contributed by atoms with E-state index in [0.29, 0.717) is 10.7 Å². The monoisotopic (exact) mass is 418 g/mol. The molecule has 3 aromatic carbocycles. The van der Waals surface area contributed by atoms with Crippen LogP contribution in [-0.2, 0) is 10.0 Å². The first-order valence-corrected chi connectivity index (χ1v) is 10.0. The van der Waals surface area contributed by atoms with Crippen molar-refractivity contribution < 1.29 is 17.6 Å². The van der Waals surface area contributed by atoms with Crippen molar-refractivity contribution >= 4 is 38.9 Å². The van der Waals surface area contributed by atoms with Crippen LogP contribution in [0.15, 0.2) is 77.7 Å². The average molecular weight is 419 g/mol. The molecule has 8 heteroatoms. The van der Waals surface area contributed by atoms with E-state index in [1.165, 1.54) is 55.6 Å². The van der Waals surface area contributed by atoms with Crippen LogP contribution in [0, 0.1) is 5.82 Å². The summed E-state index contributed by atoms with van der Waals surface area (Å²) in [5.41, 5.74) is 0.481. The molecule has 0 saturated heterocycles. The van der Waals surface area contributed by atoms with Gasteiger partial charge in [0, 0.05) is 17.6 Å². The zero-order chi connectivity index (χ0) is 20.3. The predicted molar refractivity (Wildman–Crippen MR) is 108 cm³/mol. The first-order valence-electron chi connectivity index (χ1n) is 8.19. The molecule has 0 atom stereocenters. The Hall–Kier alpha value is -2.90. The first-order chi connectivity index (χ1) is 13.3. The number of sulfonamides is 1. The highest BCUT2D eigenvalue weighted by Crippen LogP contribution is 2.25. The Morgan fingerprint density at radius 3 is 2.43 bits per heavy atom. The van der Waals surface area contributed by atoms with Crippen LogP contribution in [0.1, 0.15) is 10.4 Å². The molecule has 0 spiro atoms. The Morgan fingerprint density at radius 2 is 1.71 bits per heavy atom. The molecule has 0 bridgehead atoms. The summed E-state index contributed by atoms with van der Waals surface area (Å²) >= 11 is 5.94. The highest BCUT2D eigenvalue weighted by Gasteiger charge is 2.23. The SMILES string of the molecule is CN(c1cccc(Cl)c1)S(=O)(=O)c1cccc(C(=O)Nc2ccccc2F)c1. The van der Waals surface area contributed by atoms with E-state index in [1.54, 1.807) is 24.3 Å². The minimum absolute atomic E-state index is 0.0109. The van der Waals surface area contributed by atoms with Gasteiger partial charge in [-0.3, -0.25) is 9.10 Å². The lowest BCUT2D eigenvalue weighted by Gasteiger charge is -2.20. The molecule has 5 nitrogen and oxygen atoms in total. The van der Waals surface area contributed by atoms with E-state index in [-0.39, 0.29) is 16.1 Å². The number of nitrogens with one attached hydrogen (secondary N) is 1. The molecule has 0 fully saturated rings. The maximum atomic E-state index is 13.7. The van der Waals surface area contributed by atoms with Crippen LogP contribution in [-0.4, -0.2) is 21.4 Å². The number of nitrogens with zero attached hydrogens (tertiary/aromatic N) is 1. The fourth-order valence-corrected chi connectivity index (χ4v) is 3.94. The van der Waals surface area contributed by atoms with Crippen LogP contribution >= 0.6 is 11.6 Å². The Balaban J connectivity index is 1.89. The summed E-state index contributed by atoms with van der Waals surface area (Å²) in [5, 5.41) is 2.83. The quantitative estimate of drug-likeness (QED) is 0.660. The van der Waals surface area contributed by atoms with Gasteiger partial charge in [-0.2, -0.15) is 0 Å². The highest BCUT2D eigenvalue weighted by atomic mass is 35.5. The number of hydrogen-bond acceptors (Lipinski definition) is 3. The molecule has 1 N–H and O–H groups in total. The van der Waals surface area contributed by atoms with Gasteiger partial charge in [0.1, 0.15) is 5.82 Å². The minimum atomic E-state index is -3.93. The van der Waals surface area contributed by atoms with E-state index in [2.05, 4.69) is 5.32 Å². The van der Waals surface area contributed by atoms with Gasteiger partial charge in [-0.15, -0.1) is 0 Å². The fraction of sp³-hybridized carbons (Fsp3) is 0.0500. The summed E-state index contributed by atoms with van der Waals surface area (Å²) in [6.07, 6.45) is 0. The second-order valence-corrected chi connectivity index (χ2v) is 8.32. The topological polar surface area (TPSA) is 66.5 Å². The molecule has 0 aliphatic heterocycles.